The highest BCUT2D eigenvalue weighted by atomic mass is 19.1. The fraction of sp³-hybridized carbons (Fsp3) is 0.385. The van der Waals surface area contributed by atoms with E-state index in [1.807, 2.05) is 31.2 Å². The van der Waals surface area contributed by atoms with Crippen molar-refractivity contribution in [2.45, 2.75) is 38.0 Å². The zero-order valence-electron chi connectivity index (χ0n) is 19.7. The van der Waals surface area contributed by atoms with Crippen molar-refractivity contribution in [1.82, 2.24) is 19.8 Å². The first-order valence-electron chi connectivity index (χ1n) is 12.0. The SMILES string of the molecule is C[C@@H]1C[C@H](F)CN1C(=O)CN1CC[C@H](Nc2ccc(C(=O)Nc3ccccn3)c3ncccc23)C1. The van der Waals surface area contributed by atoms with Gasteiger partial charge in [0.05, 0.1) is 24.2 Å². The Kier molecular flexibility index (Phi) is 6.59. The minimum atomic E-state index is -0.919. The third-order valence-corrected chi connectivity index (χ3v) is 6.76. The van der Waals surface area contributed by atoms with E-state index in [2.05, 4.69) is 25.5 Å². The first-order valence-corrected chi connectivity index (χ1v) is 12.0. The van der Waals surface area contributed by atoms with Crippen LogP contribution < -0.4 is 10.6 Å². The molecule has 1 aromatic carbocycles. The van der Waals surface area contributed by atoms with E-state index in [-0.39, 0.29) is 30.4 Å². The number of carbonyl (C=O) groups is 2. The van der Waals surface area contributed by atoms with Crippen molar-refractivity contribution in [3.63, 3.8) is 0 Å². The van der Waals surface area contributed by atoms with Crippen LogP contribution in [0.5, 0.6) is 0 Å². The maximum Gasteiger partial charge on any atom is 0.259 e. The number of pyridine rings is 2. The van der Waals surface area contributed by atoms with Crippen LogP contribution >= 0.6 is 0 Å². The van der Waals surface area contributed by atoms with Crippen LogP contribution in [0.1, 0.15) is 30.1 Å². The normalized spacial score (nSPS) is 22.5. The zero-order chi connectivity index (χ0) is 24.4. The number of aromatic nitrogens is 2. The average Bonchev–Trinajstić information content (AvgIpc) is 3.44. The van der Waals surface area contributed by atoms with Crippen LogP contribution in [0.15, 0.2) is 54.9 Å². The molecule has 2 aliphatic heterocycles. The van der Waals surface area contributed by atoms with Crippen LogP contribution in [-0.4, -0.2) is 76.0 Å². The van der Waals surface area contributed by atoms with Gasteiger partial charge in [0.2, 0.25) is 5.91 Å². The van der Waals surface area contributed by atoms with E-state index in [1.54, 1.807) is 35.5 Å². The molecule has 2 saturated heterocycles. The molecule has 0 spiro atoms. The number of amides is 2. The van der Waals surface area contributed by atoms with Crippen molar-refractivity contribution < 1.29 is 14.0 Å². The Bertz CT molecular complexity index is 1220. The van der Waals surface area contributed by atoms with Crippen LogP contribution in [0.2, 0.25) is 0 Å². The highest BCUT2D eigenvalue weighted by molar-refractivity contribution is 6.13. The van der Waals surface area contributed by atoms with Gasteiger partial charge < -0.3 is 15.5 Å². The number of nitrogens with one attached hydrogen (secondary N) is 2. The molecule has 2 amide bonds. The first kappa shape index (κ1) is 23.2. The van der Waals surface area contributed by atoms with Gasteiger partial charge in [0, 0.05) is 55.1 Å². The van der Waals surface area contributed by atoms with E-state index in [0.29, 0.717) is 29.9 Å². The molecule has 3 atom stereocenters. The lowest BCUT2D eigenvalue weighted by Crippen LogP contribution is -2.42. The second-order valence-electron chi connectivity index (χ2n) is 9.32. The van der Waals surface area contributed by atoms with Gasteiger partial charge in [-0.25, -0.2) is 9.37 Å². The Balaban J connectivity index is 1.26. The Morgan fingerprint density at radius 1 is 1.09 bits per heavy atom. The van der Waals surface area contributed by atoms with Gasteiger partial charge in [-0.1, -0.05) is 6.07 Å². The molecule has 0 saturated carbocycles. The predicted molar refractivity (Wildman–Crippen MR) is 133 cm³/mol. The number of benzene rings is 1. The van der Waals surface area contributed by atoms with Crippen molar-refractivity contribution in [3.05, 3.63) is 60.4 Å². The molecule has 2 fully saturated rings. The number of nitrogens with zero attached hydrogens (tertiary/aromatic N) is 4. The number of carbonyl (C=O) groups excluding carboxylic acids is 2. The summed E-state index contributed by atoms with van der Waals surface area (Å²) in [5.41, 5.74) is 1.98. The fourth-order valence-electron chi connectivity index (χ4n) is 5.01. The molecular weight excluding hydrogens is 447 g/mol. The summed E-state index contributed by atoms with van der Waals surface area (Å²) in [5, 5.41) is 7.25. The standard InChI is InChI=1S/C26H29FN6O2/c1-17-13-18(27)14-33(17)24(34)16-32-12-9-19(15-32)30-22-8-7-21(25-20(22)5-4-11-29-25)26(35)31-23-6-2-3-10-28-23/h2-8,10-11,17-19,30H,9,12-16H2,1H3,(H,28,31,35)/t17-,18+,19+/m1/s1. The molecule has 2 aromatic heterocycles. The van der Waals surface area contributed by atoms with Crippen LogP contribution in [-0.2, 0) is 4.79 Å². The van der Waals surface area contributed by atoms with Gasteiger partial charge in [0.1, 0.15) is 12.0 Å². The van der Waals surface area contributed by atoms with Gasteiger partial charge in [-0.2, -0.15) is 0 Å². The number of hydrogen-bond acceptors (Lipinski definition) is 6. The van der Waals surface area contributed by atoms with Crippen molar-refractivity contribution >= 4 is 34.2 Å². The summed E-state index contributed by atoms with van der Waals surface area (Å²) in [7, 11) is 0. The largest absolute Gasteiger partial charge is 0.380 e. The van der Waals surface area contributed by atoms with Crippen LogP contribution in [0, 0.1) is 0 Å². The smallest absolute Gasteiger partial charge is 0.259 e. The fourth-order valence-corrected chi connectivity index (χ4v) is 5.01. The second-order valence-corrected chi connectivity index (χ2v) is 9.32. The van der Waals surface area contributed by atoms with Gasteiger partial charge in [-0.05, 0) is 49.7 Å². The Morgan fingerprint density at radius 3 is 2.71 bits per heavy atom. The third kappa shape index (κ3) is 5.09. The minimum absolute atomic E-state index is 0.00350. The molecular formula is C26H29FN6O2. The van der Waals surface area contributed by atoms with Crippen molar-refractivity contribution in [1.29, 1.82) is 0 Å². The molecule has 0 unspecified atom stereocenters. The predicted octanol–water partition coefficient (Wildman–Crippen LogP) is 3.33. The molecule has 0 radical (unpaired) electrons. The zero-order valence-corrected chi connectivity index (χ0v) is 19.7. The minimum Gasteiger partial charge on any atom is -0.380 e. The van der Waals surface area contributed by atoms with Crippen LogP contribution in [0.25, 0.3) is 10.9 Å². The summed E-state index contributed by atoms with van der Waals surface area (Å²) in [6.07, 6.45) is 3.69. The lowest BCUT2D eigenvalue weighted by atomic mass is 10.1. The van der Waals surface area contributed by atoms with E-state index in [9.17, 15) is 14.0 Å². The number of fused-ring (bicyclic) bond motifs is 1. The molecule has 3 aromatic rings. The molecule has 0 aliphatic carbocycles. The molecule has 2 aliphatic rings. The summed E-state index contributed by atoms with van der Waals surface area (Å²) in [4.78, 5) is 38.0. The molecule has 182 valence electrons. The molecule has 2 N–H and O–H groups in total. The number of hydrogen-bond donors (Lipinski definition) is 2. The topological polar surface area (TPSA) is 90.5 Å². The molecule has 8 nitrogen and oxygen atoms in total. The first-order chi connectivity index (χ1) is 17.0. The van der Waals surface area contributed by atoms with Gasteiger partial charge in [-0.3, -0.25) is 19.5 Å². The molecule has 0 bridgehead atoms. The molecule has 9 heteroatoms. The van der Waals surface area contributed by atoms with Gasteiger partial charge in [0.15, 0.2) is 0 Å². The van der Waals surface area contributed by atoms with Gasteiger partial charge >= 0.3 is 0 Å². The summed E-state index contributed by atoms with van der Waals surface area (Å²) in [6, 6.07) is 12.9. The quantitative estimate of drug-likeness (QED) is 0.567. The van der Waals surface area contributed by atoms with E-state index in [1.165, 1.54) is 0 Å². The second kappa shape index (κ2) is 9.95. The molecule has 35 heavy (non-hydrogen) atoms. The third-order valence-electron chi connectivity index (χ3n) is 6.76. The molecule has 4 heterocycles. The number of likely N-dealkylation sites (tertiary alicyclic amines) is 2. The monoisotopic (exact) mass is 476 g/mol. The lowest BCUT2D eigenvalue weighted by molar-refractivity contribution is -0.132. The van der Waals surface area contributed by atoms with Crippen molar-refractivity contribution in [2.75, 3.05) is 36.8 Å². The highest BCUT2D eigenvalue weighted by Gasteiger charge is 2.34. The summed E-state index contributed by atoms with van der Waals surface area (Å²) >= 11 is 0. The number of alkyl halides is 1. The number of anilines is 2. The van der Waals surface area contributed by atoms with Gasteiger partial charge in [-0.15, -0.1) is 0 Å². The Labute approximate surface area is 203 Å². The van der Waals surface area contributed by atoms with E-state index >= 15 is 0 Å². The Hall–Kier alpha value is -3.59. The summed E-state index contributed by atoms with van der Waals surface area (Å²) < 4.78 is 13.7. The Morgan fingerprint density at radius 2 is 1.94 bits per heavy atom. The lowest BCUT2D eigenvalue weighted by Gasteiger charge is -2.24. The number of rotatable bonds is 6. The molecule has 5 rings (SSSR count). The average molecular weight is 477 g/mol. The number of halogens is 1. The van der Waals surface area contributed by atoms with Crippen molar-refractivity contribution in [2.24, 2.45) is 0 Å². The summed E-state index contributed by atoms with van der Waals surface area (Å²) in [6.45, 7) is 3.94. The van der Waals surface area contributed by atoms with E-state index in [4.69, 9.17) is 0 Å². The van der Waals surface area contributed by atoms with E-state index < -0.39 is 6.17 Å². The van der Waals surface area contributed by atoms with E-state index in [0.717, 1.165) is 30.6 Å². The van der Waals surface area contributed by atoms with Crippen molar-refractivity contribution in [3.8, 4) is 0 Å². The summed E-state index contributed by atoms with van der Waals surface area (Å²) in [5.74, 6) is 0.210. The van der Waals surface area contributed by atoms with Crippen LogP contribution in [0.4, 0.5) is 15.9 Å². The maximum absolute atomic E-state index is 13.7. The van der Waals surface area contributed by atoms with Crippen LogP contribution in [0.3, 0.4) is 0 Å². The highest BCUT2D eigenvalue weighted by Crippen LogP contribution is 2.28. The maximum atomic E-state index is 13.7. The van der Waals surface area contributed by atoms with Gasteiger partial charge in [0.25, 0.3) is 5.91 Å².